The van der Waals surface area contributed by atoms with E-state index in [2.05, 4.69) is 9.97 Å². The Hall–Kier alpha value is -2.95. The van der Waals surface area contributed by atoms with E-state index in [4.69, 9.17) is 4.98 Å². The molecule has 0 radical (unpaired) electrons. The first kappa shape index (κ1) is 12.8. The van der Waals surface area contributed by atoms with Crippen LogP contribution in [0.15, 0.2) is 42.5 Å². The number of para-hydroxylation sites is 1. The highest BCUT2D eigenvalue weighted by Gasteiger charge is 2.12. The Morgan fingerprint density at radius 2 is 1.86 bits per heavy atom. The lowest BCUT2D eigenvalue weighted by Gasteiger charge is -2.10. The Kier molecular flexibility index (Phi) is 2.63. The number of carbonyl (C=O) groups is 1. The maximum atomic E-state index is 12.1. The van der Waals surface area contributed by atoms with E-state index in [0.717, 1.165) is 33.1 Å². The predicted octanol–water partition coefficient (Wildman–Crippen LogP) is 2.97. The molecule has 2 heterocycles. The van der Waals surface area contributed by atoms with E-state index in [1.807, 2.05) is 30.3 Å². The fourth-order valence-electron chi connectivity index (χ4n) is 2.65. The molecule has 4 rings (SSSR count). The van der Waals surface area contributed by atoms with Gasteiger partial charge in [-0.1, -0.05) is 18.2 Å². The van der Waals surface area contributed by atoms with Crippen LogP contribution < -0.4 is 0 Å². The van der Waals surface area contributed by atoms with Crippen LogP contribution in [-0.2, 0) is 0 Å². The van der Waals surface area contributed by atoms with Crippen molar-refractivity contribution in [2.24, 2.45) is 0 Å². The van der Waals surface area contributed by atoms with E-state index < -0.39 is 0 Å². The third-order valence-electron chi connectivity index (χ3n) is 3.75. The van der Waals surface area contributed by atoms with Gasteiger partial charge in [-0.15, -0.1) is 0 Å². The summed E-state index contributed by atoms with van der Waals surface area (Å²) in [7, 11) is 3.47. The molecule has 0 aliphatic carbocycles. The van der Waals surface area contributed by atoms with Crippen molar-refractivity contribution in [2.75, 3.05) is 14.1 Å². The summed E-state index contributed by atoms with van der Waals surface area (Å²) in [5, 5.41) is 1.04. The fourth-order valence-corrected chi connectivity index (χ4v) is 2.65. The summed E-state index contributed by atoms with van der Waals surface area (Å²) < 4.78 is 0. The van der Waals surface area contributed by atoms with Crippen molar-refractivity contribution in [3.05, 3.63) is 48.0 Å². The van der Waals surface area contributed by atoms with Crippen LogP contribution in [0.3, 0.4) is 0 Å². The number of aromatic nitrogens is 3. The lowest BCUT2D eigenvalue weighted by molar-refractivity contribution is 0.0828. The number of benzene rings is 2. The second-order valence-corrected chi connectivity index (χ2v) is 5.49. The van der Waals surface area contributed by atoms with Crippen molar-refractivity contribution in [3.8, 4) is 0 Å². The maximum absolute atomic E-state index is 12.1. The number of aromatic amines is 1. The lowest BCUT2D eigenvalue weighted by Crippen LogP contribution is -2.21. The Bertz CT molecular complexity index is 1030. The smallest absolute Gasteiger partial charge is 0.253 e. The Morgan fingerprint density at radius 3 is 2.68 bits per heavy atom. The monoisotopic (exact) mass is 290 g/mol. The van der Waals surface area contributed by atoms with Gasteiger partial charge in [0.25, 0.3) is 5.91 Å². The van der Waals surface area contributed by atoms with Crippen LogP contribution in [0.1, 0.15) is 10.4 Å². The van der Waals surface area contributed by atoms with Crippen LogP contribution in [0.5, 0.6) is 0 Å². The van der Waals surface area contributed by atoms with E-state index >= 15 is 0 Å². The van der Waals surface area contributed by atoms with Gasteiger partial charge in [-0.3, -0.25) is 4.79 Å². The highest BCUT2D eigenvalue weighted by Crippen LogP contribution is 2.24. The number of amides is 1. The lowest BCUT2D eigenvalue weighted by atomic mass is 10.1. The molecular formula is C17H14N4O. The zero-order valence-corrected chi connectivity index (χ0v) is 12.3. The normalized spacial score (nSPS) is 11.4. The zero-order valence-electron chi connectivity index (χ0n) is 12.3. The van der Waals surface area contributed by atoms with Gasteiger partial charge in [0.2, 0.25) is 0 Å². The van der Waals surface area contributed by atoms with Gasteiger partial charge in [0.15, 0.2) is 5.65 Å². The Morgan fingerprint density at radius 1 is 1.05 bits per heavy atom. The number of hydrogen-bond acceptors (Lipinski definition) is 3. The minimum absolute atomic E-state index is 0.0391. The van der Waals surface area contributed by atoms with Crippen LogP contribution in [-0.4, -0.2) is 39.9 Å². The van der Waals surface area contributed by atoms with Crippen molar-refractivity contribution in [2.45, 2.75) is 0 Å². The largest absolute Gasteiger partial charge is 0.345 e. The average molecular weight is 290 g/mol. The second-order valence-electron chi connectivity index (χ2n) is 5.49. The third kappa shape index (κ3) is 1.83. The first-order chi connectivity index (χ1) is 10.6. The Labute approximate surface area is 126 Å². The van der Waals surface area contributed by atoms with E-state index in [1.54, 1.807) is 31.1 Å². The molecule has 0 atom stereocenters. The van der Waals surface area contributed by atoms with Gasteiger partial charge in [-0.25, -0.2) is 9.97 Å². The number of H-pyrrole nitrogens is 1. The SMILES string of the molecule is CN(C)C(=O)c1ccc2nc3[nH]c4ccccc4c3nc2c1. The van der Waals surface area contributed by atoms with Crippen LogP contribution in [0.2, 0.25) is 0 Å². The highest BCUT2D eigenvalue weighted by atomic mass is 16.2. The molecule has 0 aliphatic heterocycles. The van der Waals surface area contributed by atoms with Gasteiger partial charge in [-0.2, -0.15) is 0 Å². The maximum Gasteiger partial charge on any atom is 0.253 e. The van der Waals surface area contributed by atoms with Gasteiger partial charge in [0.1, 0.15) is 5.52 Å². The van der Waals surface area contributed by atoms with Crippen molar-refractivity contribution in [3.63, 3.8) is 0 Å². The molecule has 108 valence electrons. The molecule has 5 nitrogen and oxygen atoms in total. The molecule has 0 saturated heterocycles. The van der Waals surface area contributed by atoms with E-state index in [0.29, 0.717) is 5.56 Å². The zero-order chi connectivity index (χ0) is 15.3. The van der Waals surface area contributed by atoms with Gasteiger partial charge < -0.3 is 9.88 Å². The third-order valence-corrected chi connectivity index (χ3v) is 3.75. The van der Waals surface area contributed by atoms with Crippen molar-refractivity contribution >= 4 is 39.0 Å². The number of hydrogen-bond donors (Lipinski definition) is 1. The van der Waals surface area contributed by atoms with Crippen LogP contribution >= 0.6 is 0 Å². The van der Waals surface area contributed by atoms with Crippen molar-refractivity contribution in [1.82, 2.24) is 19.9 Å². The summed E-state index contributed by atoms with van der Waals surface area (Å²) in [6.45, 7) is 0. The van der Waals surface area contributed by atoms with Crippen LogP contribution in [0, 0.1) is 0 Å². The quantitative estimate of drug-likeness (QED) is 0.586. The molecule has 0 fully saturated rings. The summed E-state index contributed by atoms with van der Waals surface area (Å²) in [5.41, 5.74) is 4.72. The minimum atomic E-state index is -0.0391. The second kappa shape index (κ2) is 4.53. The Balaban J connectivity index is 2.01. The number of carbonyl (C=O) groups excluding carboxylic acids is 1. The van der Waals surface area contributed by atoms with E-state index in [1.165, 1.54) is 0 Å². The van der Waals surface area contributed by atoms with E-state index in [9.17, 15) is 4.79 Å². The summed E-state index contributed by atoms with van der Waals surface area (Å²) in [5.74, 6) is -0.0391. The topological polar surface area (TPSA) is 61.9 Å². The van der Waals surface area contributed by atoms with Gasteiger partial charge in [0, 0.05) is 30.6 Å². The average Bonchev–Trinajstić information content (AvgIpc) is 2.89. The number of fused-ring (bicyclic) bond motifs is 4. The van der Waals surface area contributed by atoms with Crippen molar-refractivity contribution < 1.29 is 4.79 Å². The number of nitrogens with zero attached hydrogens (tertiary/aromatic N) is 3. The van der Waals surface area contributed by atoms with Gasteiger partial charge in [-0.05, 0) is 24.3 Å². The van der Waals surface area contributed by atoms with Gasteiger partial charge in [0.05, 0.1) is 11.0 Å². The van der Waals surface area contributed by atoms with Crippen molar-refractivity contribution in [1.29, 1.82) is 0 Å². The fraction of sp³-hybridized carbons (Fsp3) is 0.118. The van der Waals surface area contributed by atoms with E-state index in [-0.39, 0.29) is 5.91 Å². The molecular weight excluding hydrogens is 276 g/mol. The highest BCUT2D eigenvalue weighted by molar-refractivity contribution is 6.06. The molecule has 0 saturated carbocycles. The first-order valence-corrected chi connectivity index (χ1v) is 7.03. The standard InChI is InChI=1S/C17H14N4O/c1-21(2)17(22)10-7-8-13-14(9-10)18-15-11-5-3-4-6-12(11)19-16(15)20-13/h3-9H,1-2H3,(H,19,20). The molecule has 5 heteroatoms. The predicted molar refractivity (Wildman–Crippen MR) is 86.9 cm³/mol. The molecule has 4 aromatic rings. The van der Waals surface area contributed by atoms with Crippen LogP contribution in [0.25, 0.3) is 33.1 Å². The van der Waals surface area contributed by atoms with Crippen LogP contribution in [0.4, 0.5) is 0 Å². The summed E-state index contributed by atoms with van der Waals surface area (Å²) >= 11 is 0. The summed E-state index contributed by atoms with van der Waals surface area (Å²) in [4.78, 5) is 26.2. The minimum Gasteiger partial charge on any atom is -0.345 e. The number of nitrogens with one attached hydrogen (secondary N) is 1. The molecule has 0 aliphatic rings. The molecule has 2 aromatic heterocycles. The molecule has 0 spiro atoms. The molecule has 22 heavy (non-hydrogen) atoms. The summed E-state index contributed by atoms with van der Waals surface area (Å²) in [6, 6.07) is 13.4. The number of rotatable bonds is 1. The molecule has 0 unspecified atom stereocenters. The molecule has 0 bridgehead atoms. The van der Waals surface area contributed by atoms with Gasteiger partial charge >= 0.3 is 0 Å². The molecule has 1 N–H and O–H groups in total. The first-order valence-electron chi connectivity index (χ1n) is 7.03. The molecule has 2 aromatic carbocycles. The summed E-state index contributed by atoms with van der Waals surface area (Å²) in [6.07, 6.45) is 0. The molecule has 1 amide bonds.